The first kappa shape index (κ1) is 13.1. The molecular weight excluding hydrogens is 176 g/mol. The predicted molar refractivity (Wildman–Crippen MR) is 58.2 cm³/mol. The lowest BCUT2D eigenvalue weighted by molar-refractivity contribution is -0.118. The van der Waals surface area contributed by atoms with Crippen molar-refractivity contribution < 1.29 is 9.59 Å². The Morgan fingerprint density at radius 2 is 1.86 bits per heavy atom. The Morgan fingerprint density at radius 1 is 1.14 bits per heavy atom. The van der Waals surface area contributed by atoms with Crippen LogP contribution in [0.4, 0.5) is 0 Å². The molecule has 0 aliphatic rings. The van der Waals surface area contributed by atoms with Crippen LogP contribution in [0.1, 0.15) is 51.9 Å². The summed E-state index contributed by atoms with van der Waals surface area (Å²) in [7, 11) is 0. The minimum Gasteiger partial charge on any atom is -0.299 e. The summed E-state index contributed by atoms with van der Waals surface area (Å²) >= 11 is 0. The van der Waals surface area contributed by atoms with Gasteiger partial charge >= 0.3 is 0 Å². The number of aldehydes is 1. The summed E-state index contributed by atoms with van der Waals surface area (Å²) < 4.78 is 0. The molecule has 0 aromatic heterocycles. The van der Waals surface area contributed by atoms with Gasteiger partial charge in [0, 0.05) is 12.8 Å². The van der Waals surface area contributed by atoms with Crippen molar-refractivity contribution in [2.24, 2.45) is 0 Å². The van der Waals surface area contributed by atoms with Gasteiger partial charge in [-0.05, 0) is 12.5 Å². The fourth-order valence-corrected chi connectivity index (χ4v) is 1.28. The van der Waals surface area contributed by atoms with Crippen molar-refractivity contribution in [2.45, 2.75) is 51.9 Å². The van der Waals surface area contributed by atoms with Crippen LogP contribution in [0.2, 0.25) is 0 Å². The molecule has 0 aromatic carbocycles. The number of ketones is 1. The number of carbonyl (C=O) groups excluding carboxylic acids is 2. The second-order valence-electron chi connectivity index (χ2n) is 3.47. The quantitative estimate of drug-likeness (QED) is 0.322. The van der Waals surface area contributed by atoms with Gasteiger partial charge in [-0.25, -0.2) is 0 Å². The van der Waals surface area contributed by atoms with Crippen LogP contribution in [0.3, 0.4) is 0 Å². The van der Waals surface area contributed by atoms with Gasteiger partial charge in [0.2, 0.25) is 0 Å². The molecule has 0 saturated heterocycles. The predicted octanol–water partition coefficient (Wildman–Crippen LogP) is 3.06. The Morgan fingerprint density at radius 3 is 2.50 bits per heavy atom. The van der Waals surface area contributed by atoms with Gasteiger partial charge in [0.15, 0.2) is 0 Å². The van der Waals surface area contributed by atoms with Crippen molar-refractivity contribution in [2.75, 3.05) is 0 Å². The average Bonchev–Trinajstić information content (AvgIpc) is 2.18. The SMILES string of the molecule is CCCCCCCC(=O)CC=CC=O. The van der Waals surface area contributed by atoms with E-state index in [-0.39, 0.29) is 5.78 Å². The largest absolute Gasteiger partial charge is 0.299 e. The van der Waals surface area contributed by atoms with Crippen molar-refractivity contribution in [1.29, 1.82) is 0 Å². The molecule has 0 aliphatic heterocycles. The third-order valence-corrected chi connectivity index (χ3v) is 2.12. The molecule has 0 radical (unpaired) electrons. The molecule has 0 heterocycles. The van der Waals surface area contributed by atoms with Crippen molar-refractivity contribution in [3.8, 4) is 0 Å². The topological polar surface area (TPSA) is 34.1 Å². The minimum absolute atomic E-state index is 0.236. The molecule has 0 aromatic rings. The monoisotopic (exact) mass is 196 g/mol. The van der Waals surface area contributed by atoms with Crippen LogP contribution < -0.4 is 0 Å². The van der Waals surface area contributed by atoms with Crippen LogP contribution in [0.5, 0.6) is 0 Å². The standard InChI is InChI=1S/C12H20O2/c1-2-3-4-5-6-9-12(14)10-7-8-11-13/h7-8,11H,2-6,9-10H2,1H3. The van der Waals surface area contributed by atoms with E-state index < -0.39 is 0 Å². The number of unbranched alkanes of at least 4 members (excludes halogenated alkanes) is 4. The number of allylic oxidation sites excluding steroid dienone is 2. The summed E-state index contributed by atoms with van der Waals surface area (Å²) in [5.74, 6) is 0.236. The maximum atomic E-state index is 11.2. The van der Waals surface area contributed by atoms with Crippen LogP contribution in [0.25, 0.3) is 0 Å². The molecule has 0 spiro atoms. The second-order valence-corrected chi connectivity index (χ2v) is 3.47. The van der Waals surface area contributed by atoms with Gasteiger partial charge in [0.1, 0.15) is 12.1 Å². The van der Waals surface area contributed by atoms with Crippen molar-refractivity contribution >= 4 is 12.1 Å². The molecule has 2 heteroatoms. The van der Waals surface area contributed by atoms with Gasteiger partial charge < -0.3 is 0 Å². The van der Waals surface area contributed by atoms with Gasteiger partial charge in [-0.15, -0.1) is 0 Å². The lowest BCUT2D eigenvalue weighted by Gasteiger charge is -1.98. The van der Waals surface area contributed by atoms with Crippen LogP contribution in [0.15, 0.2) is 12.2 Å². The van der Waals surface area contributed by atoms with Gasteiger partial charge in [-0.2, -0.15) is 0 Å². The van der Waals surface area contributed by atoms with Gasteiger partial charge in [-0.1, -0.05) is 38.7 Å². The van der Waals surface area contributed by atoms with Gasteiger partial charge in [0.05, 0.1) is 0 Å². The highest BCUT2D eigenvalue weighted by atomic mass is 16.1. The van der Waals surface area contributed by atoms with E-state index in [0.717, 1.165) is 12.8 Å². The number of hydrogen-bond acceptors (Lipinski definition) is 2. The summed E-state index contributed by atoms with van der Waals surface area (Å²) in [6.45, 7) is 2.18. The van der Waals surface area contributed by atoms with Gasteiger partial charge in [0.25, 0.3) is 0 Å². The van der Waals surface area contributed by atoms with E-state index in [1.54, 1.807) is 6.08 Å². The van der Waals surface area contributed by atoms with Crippen molar-refractivity contribution in [3.05, 3.63) is 12.2 Å². The third kappa shape index (κ3) is 9.17. The van der Waals surface area contributed by atoms with E-state index >= 15 is 0 Å². The van der Waals surface area contributed by atoms with E-state index in [4.69, 9.17) is 0 Å². The minimum atomic E-state index is 0.236. The average molecular weight is 196 g/mol. The Bertz CT molecular complexity index is 183. The molecule has 0 bridgehead atoms. The maximum Gasteiger partial charge on any atom is 0.142 e. The molecule has 0 rings (SSSR count). The molecule has 0 fully saturated rings. The molecule has 2 nitrogen and oxygen atoms in total. The highest BCUT2D eigenvalue weighted by Gasteiger charge is 1.98. The zero-order valence-corrected chi connectivity index (χ0v) is 9.00. The van der Waals surface area contributed by atoms with Crippen molar-refractivity contribution in [3.63, 3.8) is 0 Å². The number of Topliss-reactive ketones (excluding diaryl/α,β-unsaturated/α-hetero) is 1. The fraction of sp³-hybridized carbons (Fsp3) is 0.667. The Hall–Kier alpha value is -0.920. The van der Waals surface area contributed by atoms with Crippen LogP contribution in [0, 0.1) is 0 Å². The van der Waals surface area contributed by atoms with E-state index in [1.807, 2.05) is 0 Å². The van der Waals surface area contributed by atoms with Crippen molar-refractivity contribution in [1.82, 2.24) is 0 Å². The Balaban J connectivity index is 3.26. The second kappa shape index (κ2) is 10.2. The molecular formula is C12H20O2. The number of hydrogen-bond donors (Lipinski definition) is 0. The summed E-state index contributed by atoms with van der Waals surface area (Å²) in [5, 5.41) is 0. The molecule has 0 amide bonds. The summed E-state index contributed by atoms with van der Waals surface area (Å²) in [5.41, 5.74) is 0. The summed E-state index contributed by atoms with van der Waals surface area (Å²) in [6, 6.07) is 0. The van der Waals surface area contributed by atoms with Crippen LogP contribution in [-0.2, 0) is 9.59 Å². The molecule has 0 unspecified atom stereocenters. The van der Waals surface area contributed by atoms with E-state index in [2.05, 4.69) is 6.92 Å². The Kier molecular flexibility index (Phi) is 9.49. The molecule has 14 heavy (non-hydrogen) atoms. The molecule has 0 saturated carbocycles. The highest BCUT2D eigenvalue weighted by Crippen LogP contribution is 2.06. The molecule has 80 valence electrons. The highest BCUT2D eigenvalue weighted by molar-refractivity contribution is 5.80. The summed E-state index contributed by atoms with van der Waals surface area (Å²) in [6.07, 6.45) is 10.7. The van der Waals surface area contributed by atoms with E-state index in [9.17, 15) is 9.59 Å². The van der Waals surface area contributed by atoms with Gasteiger partial charge in [-0.3, -0.25) is 9.59 Å². The number of carbonyl (C=O) groups is 2. The zero-order valence-electron chi connectivity index (χ0n) is 9.00. The lowest BCUT2D eigenvalue weighted by Crippen LogP contribution is -1.95. The fourth-order valence-electron chi connectivity index (χ4n) is 1.28. The van der Waals surface area contributed by atoms with Crippen LogP contribution in [-0.4, -0.2) is 12.1 Å². The maximum absolute atomic E-state index is 11.2. The Labute approximate surface area is 86.4 Å². The first-order valence-corrected chi connectivity index (χ1v) is 5.43. The lowest BCUT2D eigenvalue weighted by atomic mass is 10.1. The summed E-state index contributed by atoms with van der Waals surface area (Å²) in [4.78, 5) is 21.1. The zero-order chi connectivity index (χ0) is 10.6. The third-order valence-electron chi connectivity index (χ3n) is 2.12. The van der Waals surface area contributed by atoms with Crippen LogP contribution >= 0.6 is 0 Å². The first-order chi connectivity index (χ1) is 6.81. The normalized spacial score (nSPS) is 10.6. The molecule has 0 atom stereocenters. The molecule has 0 aliphatic carbocycles. The van der Waals surface area contributed by atoms with E-state index in [1.165, 1.54) is 25.3 Å². The van der Waals surface area contributed by atoms with E-state index in [0.29, 0.717) is 19.1 Å². The number of rotatable bonds is 9. The first-order valence-electron chi connectivity index (χ1n) is 5.43. The smallest absolute Gasteiger partial charge is 0.142 e. The molecule has 0 N–H and O–H groups in total.